The molecule has 0 aliphatic carbocycles. The molecular weight excluding hydrogens is 218 g/mol. The van der Waals surface area contributed by atoms with Gasteiger partial charge in [-0.1, -0.05) is 24.7 Å². The number of rotatable bonds is 3. The van der Waals surface area contributed by atoms with E-state index in [9.17, 15) is 0 Å². The molecule has 1 aromatic heterocycles. The predicted octanol–water partition coefficient (Wildman–Crippen LogP) is 2.42. The van der Waals surface area contributed by atoms with Gasteiger partial charge in [0.2, 0.25) is 4.47 Å². The van der Waals surface area contributed by atoms with Crippen LogP contribution >= 0.6 is 22.9 Å². The van der Waals surface area contributed by atoms with Crippen LogP contribution in [0.5, 0.6) is 0 Å². The summed E-state index contributed by atoms with van der Waals surface area (Å²) >= 11 is 7.21. The molecule has 3 nitrogen and oxygen atoms in total. The van der Waals surface area contributed by atoms with Crippen molar-refractivity contribution < 1.29 is 0 Å². The third-order valence-electron chi connectivity index (χ3n) is 2.75. The minimum atomic E-state index is 0.547. The molecule has 0 bridgehead atoms. The van der Waals surface area contributed by atoms with Crippen molar-refractivity contribution in [2.24, 2.45) is 5.92 Å². The SMILES string of the molecule is CCC1CCN(Cc2nnc(Cl)s2)C1. The molecule has 1 unspecified atom stereocenters. The Balaban J connectivity index is 1.87. The molecule has 0 amide bonds. The quantitative estimate of drug-likeness (QED) is 0.800. The first kappa shape index (κ1) is 10.3. The van der Waals surface area contributed by atoms with Gasteiger partial charge in [0.05, 0.1) is 6.54 Å². The summed E-state index contributed by atoms with van der Waals surface area (Å²) in [7, 11) is 0. The summed E-state index contributed by atoms with van der Waals surface area (Å²) in [5.41, 5.74) is 0. The zero-order valence-electron chi connectivity index (χ0n) is 8.24. The molecule has 14 heavy (non-hydrogen) atoms. The van der Waals surface area contributed by atoms with Crippen LogP contribution in [-0.2, 0) is 6.54 Å². The third kappa shape index (κ3) is 2.43. The molecule has 1 aliphatic heterocycles. The summed E-state index contributed by atoms with van der Waals surface area (Å²) in [4.78, 5) is 2.44. The van der Waals surface area contributed by atoms with E-state index in [1.54, 1.807) is 0 Å². The Morgan fingerprint density at radius 2 is 2.43 bits per heavy atom. The molecular formula is C9H14ClN3S. The molecule has 1 saturated heterocycles. The predicted molar refractivity (Wildman–Crippen MR) is 58.6 cm³/mol. The Morgan fingerprint density at radius 3 is 3.00 bits per heavy atom. The van der Waals surface area contributed by atoms with E-state index in [1.807, 2.05) is 0 Å². The number of hydrogen-bond acceptors (Lipinski definition) is 4. The average Bonchev–Trinajstić information content (AvgIpc) is 2.76. The summed E-state index contributed by atoms with van der Waals surface area (Å²) in [6.45, 7) is 5.57. The summed E-state index contributed by atoms with van der Waals surface area (Å²) in [5, 5.41) is 8.86. The first-order valence-corrected chi connectivity index (χ1v) is 6.17. The number of halogens is 1. The zero-order valence-corrected chi connectivity index (χ0v) is 9.81. The zero-order chi connectivity index (χ0) is 9.97. The first-order chi connectivity index (χ1) is 6.78. The fourth-order valence-electron chi connectivity index (χ4n) is 1.88. The van der Waals surface area contributed by atoms with Crippen LogP contribution < -0.4 is 0 Å². The van der Waals surface area contributed by atoms with Crippen LogP contribution in [0.25, 0.3) is 0 Å². The molecule has 0 saturated carbocycles. The van der Waals surface area contributed by atoms with Gasteiger partial charge in [0.25, 0.3) is 0 Å². The second-order valence-corrected chi connectivity index (χ2v) is 5.39. The highest BCUT2D eigenvalue weighted by Gasteiger charge is 2.21. The molecule has 0 radical (unpaired) electrons. The van der Waals surface area contributed by atoms with Crippen LogP contribution in [0.2, 0.25) is 4.47 Å². The van der Waals surface area contributed by atoms with Crippen LogP contribution in [0.15, 0.2) is 0 Å². The van der Waals surface area contributed by atoms with E-state index in [-0.39, 0.29) is 0 Å². The van der Waals surface area contributed by atoms with Crippen LogP contribution in [0.1, 0.15) is 24.8 Å². The number of aromatic nitrogens is 2. The van der Waals surface area contributed by atoms with Crippen LogP contribution in [0.3, 0.4) is 0 Å². The van der Waals surface area contributed by atoms with E-state index in [0.717, 1.165) is 17.5 Å². The number of likely N-dealkylation sites (tertiary alicyclic amines) is 1. The summed E-state index contributed by atoms with van der Waals surface area (Å²) in [6, 6.07) is 0. The second kappa shape index (κ2) is 4.55. The molecule has 5 heteroatoms. The standard InChI is InChI=1S/C9H14ClN3S/c1-2-7-3-4-13(5-7)6-8-11-12-9(10)14-8/h7H,2-6H2,1H3. The molecule has 2 rings (SSSR count). The van der Waals surface area contributed by atoms with Gasteiger partial charge in [0.1, 0.15) is 5.01 Å². The van der Waals surface area contributed by atoms with E-state index in [4.69, 9.17) is 11.6 Å². The van der Waals surface area contributed by atoms with E-state index in [0.29, 0.717) is 4.47 Å². The molecule has 1 atom stereocenters. The molecule has 0 N–H and O–H groups in total. The Bertz CT molecular complexity index is 302. The molecule has 2 heterocycles. The highest BCUT2D eigenvalue weighted by Crippen LogP contribution is 2.23. The van der Waals surface area contributed by atoms with Gasteiger partial charge in [-0.05, 0) is 30.5 Å². The monoisotopic (exact) mass is 231 g/mol. The average molecular weight is 232 g/mol. The minimum Gasteiger partial charge on any atom is -0.296 e. The lowest BCUT2D eigenvalue weighted by atomic mass is 10.1. The Kier molecular flexibility index (Phi) is 3.36. The van der Waals surface area contributed by atoms with Gasteiger partial charge in [0.15, 0.2) is 0 Å². The lowest BCUT2D eigenvalue weighted by molar-refractivity contribution is 0.314. The minimum absolute atomic E-state index is 0.547. The summed E-state index contributed by atoms with van der Waals surface area (Å²) in [5.74, 6) is 0.874. The summed E-state index contributed by atoms with van der Waals surface area (Å²) in [6.07, 6.45) is 2.61. The van der Waals surface area contributed by atoms with Crippen molar-refractivity contribution in [2.75, 3.05) is 13.1 Å². The van der Waals surface area contributed by atoms with Crippen molar-refractivity contribution in [3.05, 3.63) is 9.47 Å². The second-order valence-electron chi connectivity index (χ2n) is 3.75. The van der Waals surface area contributed by atoms with Gasteiger partial charge in [-0.2, -0.15) is 0 Å². The van der Waals surface area contributed by atoms with Crippen LogP contribution in [-0.4, -0.2) is 28.2 Å². The van der Waals surface area contributed by atoms with Crippen LogP contribution in [0.4, 0.5) is 0 Å². The Morgan fingerprint density at radius 1 is 1.57 bits per heavy atom. The van der Waals surface area contributed by atoms with E-state index < -0.39 is 0 Å². The van der Waals surface area contributed by atoms with Crippen molar-refractivity contribution in [3.8, 4) is 0 Å². The third-order valence-corrected chi connectivity index (χ3v) is 3.75. The lowest BCUT2D eigenvalue weighted by Gasteiger charge is -2.12. The van der Waals surface area contributed by atoms with Gasteiger partial charge in [0, 0.05) is 6.54 Å². The first-order valence-electron chi connectivity index (χ1n) is 4.98. The van der Waals surface area contributed by atoms with Crippen LogP contribution in [0, 0.1) is 5.92 Å². The van der Waals surface area contributed by atoms with Gasteiger partial charge < -0.3 is 0 Å². The van der Waals surface area contributed by atoms with Gasteiger partial charge in [-0.3, -0.25) is 4.90 Å². The molecule has 0 spiro atoms. The Labute approximate surface area is 93.1 Å². The molecule has 1 fully saturated rings. The molecule has 1 aromatic rings. The van der Waals surface area contributed by atoms with Crippen molar-refractivity contribution >= 4 is 22.9 Å². The maximum Gasteiger partial charge on any atom is 0.207 e. The maximum atomic E-state index is 5.73. The fraction of sp³-hybridized carbons (Fsp3) is 0.778. The van der Waals surface area contributed by atoms with E-state index in [2.05, 4.69) is 22.0 Å². The molecule has 1 aliphatic rings. The lowest BCUT2D eigenvalue weighted by Crippen LogP contribution is -2.19. The van der Waals surface area contributed by atoms with Gasteiger partial charge in [-0.25, -0.2) is 0 Å². The maximum absolute atomic E-state index is 5.73. The smallest absolute Gasteiger partial charge is 0.207 e. The van der Waals surface area contributed by atoms with E-state index in [1.165, 1.54) is 37.3 Å². The van der Waals surface area contributed by atoms with Gasteiger partial charge >= 0.3 is 0 Å². The number of nitrogens with zero attached hydrogens (tertiary/aromatic N) is 3. The summed E-state index contributed by atoms with van der Waals surface area (Å²) < 4.78 is 0.547. The highest BCUT2D eigenvalue weighted by molar-refractivity contribution is 7.15. The molecule has 78 valence electrons. The van der Waals surface area contributed by atoms with Crippen molar-refractivity contribution in [1.82, 2.24) is 15.1 Å². The van der Waals surface area contributed by atoms with E-state index >= 15 is 0 Å². The largest absolute Gasteiger partial charge is 0.296 e. The topological polar surface area (TPSA) is 29.0 Å². The van der Waals surface area contributed by atoms with Crippen molar-refractivity contribution in [3.63, 3.8) is 0 Å². The highest BCUT2D eigenvalue weighted by atomic mass is 35.5. The Hall–Kier alpha value is -0.190. The number of hydrogen-bond donors (Lipinski definition) is 0. The normalized spacial score (nSPS) is 23.1. The molecule has 0 aromatic carbocycles. The van der Waals surface area contributed by atoms with Crippen molar-refractivity contribution in [1.29, 1.82) is 0 Å². The fourth-order valence-corrected chi connectivity index (χ4v) is 2.79. The van der Waals surface area contributed by atoms with Gasteiger partial charge in [-0.15, -0.1) is 10.2 Å². The van der Waals surface area contributed by atoms with Crippen molar-refractivity contribution in [2.45, 2.75) is 26.3 Å².